The molecule has 0 saturated carbocycles. The summed E-state index contributed by atoms with van der Waals surface area (Å²) < 4.78 is 10.3. The van der Waals surface area contributed by atoms with Crippen LogP contribution in [-0.2, 0) is 0 Å². The van der Waals surface area contributed by atoms with Gasteiger partial charge in [0.05, 0.1) is 14.1 Å². The van der Waals surface area contributed by atoms with Gasteiger partial charge in [0.15, 0.2) is 0 Å². The normalized spacial score (nSPS) is 12.0. The van der Waals surface area contributed by atoms with Gasteiger partial charge in [0.2, 0.25) is 6.80 Å². The van der Waals surface area contributed by atoms with E-state index in [-0.39, 0.29) is 0 Å². The fourth-order valence-electron chi connectivity index (χ4n) is 0. The number of quaternary nitrogens is 1. The molecular formula is C3H8FNO. The zero-order chi connectivity index (χ0) is 5.21. The molecule has 0 aliphatic heterocycles. The minimum absolute atomic E-state index is 0.847. The first-order chi connectivity index (χ1) is 2.56. The number of hydrogen-bond acceptors (Lipinski definition) is 1. The zero-order valence-electron chi connectivity index (χ0n) is 3.94. The van der Waals surface area contributed by atoms with Gasteiger partial charge in [-0.15, -0.1) is 0 Å². The average molecular weight is 93.1 g/mol. The van der Waals surface area contributed by atoms with Gasteiger partial charge in [0, 0.05) is 0 Å². The van der Waals surface area contributed by atoms with Gasteiger partial charge >= 0.3 is 0 Å². The summed E-state index contributed by atoms with van der Waals surface area (Å²) in [5.41, 5.74) is 0. The van der Waals surface area contributed by atoms with Gasteiger partial charge in [-0.05, 0) is 0 Å². The maximum atomic E-state index is 11.2. The molecular weight excluding hydrogens is 85.0 g/mol. The topological polar surface area (TPSA) is 23.1 Å². The molecule has 0 aromatic carbocycles. The van der Waals surface area contributed by atoms with Crippen LogP contribution in [0.3, 0.4) is 0 Å². The number of hydroxylamine groups is 3. The predicted molar refractivity (Wildman–Crippen MR) is 21.5 cm³/mol. The van der Waals surface area contributed by atoms with Crippen molar-refractivity contribution in [3.8, 4) is 0 Å². The third-order valence-corrected chi connectivity index (χ3v) is 0.288. The molecule has 0 unspecified atom stereocenters. The summed E-state index contributed by atoms with van der Waals surface area (Å²) in [7, 11) is 2.50. The first-order valence-electron chi connectivity index (χ1n) is 1.66. The van der Waals surface area contributed by atoms with Crippen LogP contribution in [-0.4, -0.2) is 25.5 Å². The number of hydrogen-bond donors (Lipinski definition) is 0. The van der Waals surface area contributed by atoms with Crippen molar-refractivity contribution in [2.75, 3.05) is 20.9 Å². The van der Waals surface area contributed by atoms with E-state index in [0.717, 1.165) is 0 Å². The predicted octanol–water partition coefficient (Wildman–Crippen LogP) is 0.488. The molecule has 0 spiro atoms. The van der Waals surface area contributed by atoms with Gasteiger partial charge in [-0.1, -0.05) is 0 Å². The van der Waals surface area contributed by atoms with Crippen LogP contribution in [0.1, 0.15) is 0 Å². The minimum Gasteiger partial charge on any atom is -0.631 e. The van der Waals surface area contributed by atoms with Crippen LogP contribution in [0, 0.1) is 5.21 Å². The van der Waals surface area contributed by atoms with Crippen molar-refractivity contribution in [3.63, 3.8) is 0 Å². The Morgan fingerprint density at radius 2 is 1.83 bits per heavy atom. The lowest BCUT2D eigenvalue weighted by Gasteiger charge is -2.28. The van der Waals surface area contributed by atoms with Crippen LogP contribution in [0.25, 0.3) is 0 Å². The van der Waals surface area contributed by atoms with Crippen molar-refractivity contribution in [2.24, 2.45) is 0 Å². The highest BCUT2D eigenvalue weighted by Gasteiger charge is 1.93. The Labute approximate surface area is 36.4 Å². The average Bonchev–Trinajstić information content (AvgIpc) is 1.35. The van der Waals surface area contributed by atoms with Crippen molar-refractivity contribution in [3.05, 3.63) is 5.21 Å². The van der Waals surface area contributed by atoms with Gasteiger partial charge in [0.25, 0.3) is 0 Å². The Kier molecular flexibility index (Phi) is 1.49. The third kappa shape index (κ3) is 3.85. The van der Waals surface area contributed by atoms with Gasteiger partial charge in [-0.3, -0.25) is 0 Å². The van der Waals surface area contributed by atoms with E-state index in [1.54, 1.807) is 0 Å². The van der Waals surface area contributed by atoms with Gasteiger partial charge < -0.3 is 9.85 Å². The lowest BCUT2D eigenvalue weighted by Crippen LogP contribution is -2.30. The Bertz CT molecular complexity index is 40.5. The molecule has 0 N–H and O–H groups in total. The van der Waals surface area contributed by atoms with Crippen LogP contribution in [0.2, 0.25) is 0 Å². The highest BCUT2D eigenvalue weighted by molar-refractivity contribution is 4.10. The summed E-state index contributed by atoms with van der Waals surface area (Å²) in [5, 5.41) is 10.0. The van der Waals surface area contributed by atoms with Crippen LogP contribution < -0.4 is 0 Å². The van der Waals surface area contributed by atoms with Gasteiger partial charge in [-0.25, -0.2) is 0 Å². The monoisotopic (exact) mass is 93.1 g/mol. The summed E-state index contributed by atoms with van der Waals surface area (Å²) in [6.45, 7) is -0.847. The highest BCUT2D eigenvalue weighted by atomic mass is 19.1. The summed E-state index contributed by atoms with van der Waals surface area (Å²) in [5.74, 6) is 0. The maximum absolute atomic E-state index is 11.2. The van der Waals surface area contributed by atoms with Crippen LogP contribution in [0.15, 0.2) is 0 Å². The van der Waals surface area contributed by atoms with Gasteiger partial charge in [-0.2, -0.15) is 4.39 Å². The van der Waals surface area contributed by atoms with E-state index in [1.807, 2.05) is 0 Å². The standard InChI is InChI=1S/C3H8FNO/c1-5(2,6)3-4/h3H2,1-2H3. The van der Waals surface area contributed by atoms with Crippen LogP contribution in [0.4, 0.5) is 4.39 Å². The molecule has 0 fully saturated rings. The smallest absolute Gasteiger partial charge is 0.221 e. The molecule has 38 valence electrons. The number of nitrogens with zero attached hydrogens (tertiary/aromatic N) is 1. The zero-order valence-corrected chi connectivity index (χ0v) is 3.94. The second kappa shape index (κ2) is 1.53. The largest absolute Gasteiger partial charge is 0.631 e. The molecule has 0 aromatic rings. The van der Waals surface area contributed by atoms with Crippen molar-refractivity contribution < 1.29 is 9.04 Å². The van der Waals surface area contributed by atoms with E-state index < -0.39 is 11.4 Å². The first kappa shape index (κ1) is 5.85. The van der Waals surface area contributed by atoms with E-state index in [2.05, 4.69) is 0 Å². The van der Waals surface area contributed by atoms with Crippen molar-refractivity contribution in [1.82, 2.24) is 0 Å². The molecule has 0 radical (unpaired) electrons. The molecule has 0 aliphatic carbocycles. The molecule has 0 bridgehead atoms. The lowest BCUT2D eigenvalue weighted by molar-refractivity contribution is -0.853. The second-order valence-electron chi connectivity index (χ2n) is 1.69. The molecule has 0 amide bonds. The van der Waals surface area contributed by atoms with E-state index in [4.69, 9.17) is 0 Å². The van der Waals surface area contributed by atoms with E-state index in [1.165, 1.54) is 14.1 Å². The van der Waals surface area contributed by atoms with Crippen molar-refractivity contribution >= 4 is 0 Å². The minimum atomic E-state index is -0.847. The molecule has 0 saturated heterocycles. The second-order valence-corrected chi connectivity index (χ2v) is 1.69. The molecule has 0 heterocycles. The molecule has 2 nitrogen and oxygen atoms in total. The van der Waals surface area contributed by atoms with Crippen LogP contribution in [0.5, 0.6) is 0 Å². The van der Waals surface area contributed by atoms with Crippen LogP contribution >= 0.6 is 0 Å². The Hall–Kier alpha value is -0.150. The third-order valence-electron chi connectivity index (χ3n) is 0.288. The number of halogens is 1. The Morgan fingerprint density at radius 1 is 1.67 bits per heavy atom. The van der Waals surface area contributed by atoms with E-state index in [9.17, 15) is 9.60 Å². The summed E-state index contributed by atoms with van der Waals surface area (Å²) in [6.07, 6.45) is 0. The van der Waals surface area contributed by atoms with Gasteiger partial charge in [0.1, 0.15) is 0 Å². The summed E-state index contributed by atoms with van der Waals surface area (Å²) >= 11 is 0. The fraction of sp³-hybridized carbons (Fsp3) is 1.00. The van der Waals surface area contributed by atoms with Crippen molar-refractivity contribution in [2.45, 2.75) is 0 Å². The van der Waals surface area contributed by atoms with E-state index >= 15 is 0 Å². The highest BCUT2D eigenvalue weighted by Crippen LogP contribution is 1.88. The molecule has 0 rings (SSSR count). The Morgan fingerprint density at radius 3 is 1.83 bits per heavy atom. The number of alkyl halides is 1. The fourth-order valence-corrected chi connectivity index (χ4v) is 0. The lowest BCUT2D eigenvalue weighted by atomic mass is 10.9. The number of rotatable bonds is 1. The quantitative estimate of drug-likeness (QED) is 0.263. The molecule has 6 heavy (non-hydrogen) atoms. The molecule has 0 aliphatic rings. The summed E-state index contributed by atoms with van der Waals surface area (Å²) in [6, 6.07) is 0. The molecule has 0 atom stereocenters. The Balaban J connectivity index is 3.17. The maximum Gasteiger partial charge on any atom is 0.221 e. The molecule has 0 aromatic heterocycles. The first-order valence-corrected chi connectivity index (χ1v) is 1.66. The van der Waals surface area contributed by atoms with Crippen molar-refractivity contribution in [1.29, 1.82) is 0 Å². The molecule has 3 heteroatoms. The van der Waals surface area contributed by atoms with E-state index in [0.29, 0.717) is 0 Å². The summed E-state index contributed by atoms with van der Waals surface area (Å²) in [4.78, 5) is 0. The SMILES string of the molecule is C[N+](C)([O-])CF.